The Morgan fingerprint density at radius 3 is 2.13 bits per heavy atom. The molecule has 1 heterocycles. The van der Waals surface area contributed by atoms with E-state index in [4.69, 9.17) is 16.7 Å². The van der Waals surface area contributed by atoms with E-state index in [1.165, 1.54) is 50.5 Å². The van der Waals surface area contributed by atoms with E-state index in [1.54, 1.807) is 0 Å². The number of benzene rings is 1. The third-order valence-electron chi connectivity index (χ3n) is 5.61. The molecule has 0 radical (unpaired) electrons. The van der Waals surface area contributed by atoms with Gasteiger partial charge in [0.25, 0.3) is 0 Å². The standard InChI is InChI=1S/C25H35ClN2O2/c1-3-4-5-6-7-8-9-10-21-17-27-24(28-18-21)22-15-13-20(14-16-22)12-11-19(2)23(26)25(29)30/h13-19,23H,3-12H2,1-2H3,(H,29,30). The van der Waals surface area contributed by atoms with Gasteiger partial charge in [0, 0.05) is 18.0 Å². The van der Waals surface area contributed by atoms with Crippen LogP contribution >= 0.6 is 11.6 Å². The second-order valence-electron chi connectivity index (χ2n) is 8.24. The van der Waals surface area contributed by atoms with Crippen LogP contribution in [0.15, 0.2) is 36.7 Å². The molecule has 0 aliphatic carbocycles. The number of aryl methyl sites for hydroxylation is 2. The van der Waals surface area contributed by atoms with Crippen molar-refractivity contribution in [3.63, 3.8) is 0 Å². The summed E-state index contributed by atoms with van der Waals surface area (Å²) >= 11 is 5.90. The smallest absolute Gasteiger partial charge is 0.321 e. The summed E-state index contributed by atoms with van der Waals surface area (Å²) in [4.78, 5) is 20.0. The Morgan fingerprint density at radius 1 is 0.933 bits per heavy atom. The molecule has 5 heteroatoms. The fourth-order valence-corrected chi connectivity index (χ4v) is 3.65. The summed E-state index contributed by atoms with van der Waals surface area (Å²) in [6, 6.07) is 8.17. The van der Waals surface area contributed by atoms with E-state index in [-0.39, 0.29) is 5.92 Å². The predicted octanol–water partition coefficient (Wildman–Crippen LogP) is 6.70. The van der Waals surface area contributed by atoms with E-state index in [9.17, 15) is 4.79 Å². The van der Waals surface area contributed by atoms with Gasteiger partial charge in [0.1, 0.15) is 5.38 Å². The number of aromatic nitrogens is 2. The van der Waals surface area contributed by atoms with Gasteiger partial charge in [-0.15, -0.1) is 11.6 Å². The van der Waals surface area contributed by atoms with Gasteiger partial charge in [0.2, 0.25) is 0 Å². The average molecular weight is 431 g/mol. The highest BCUT2D eigenvalue weighted by atomic mass is 35.5. The van der Waals surface area contributed by atoms with Crippen molar-refractivity contribution in [2.24, 2.45) is 5.92 Å². The zero-order chi connectivity index (χ0) is 21.8. The van der Waals surface area contributed by atoms with Gasteiger partial charge in [-0.25, -0.2) is 9.97 Å². The third kappa shape index (κ3) is 8.43. The monoisotopic (exact) mass is 430 g/mol. The van der Waals surface area contributed by atoms with Crippen molar-refractivity contribution in [2.75, 3.05) is 0 Å². The van der Waals surface area contributed by atoms with Crippen LogP contribution in [-0.4, -0.2) is 26.4 Å². The van der Waals surface area contributed by atoms with E-state index in [0.717, 1.165) is 36.2 Å². The van der Waals surface area contributed by atoms with Crippen LogP contribution in [0.2, 0.25) is 0 Å². The highest BCUT2D eigenvalue weighted by Crippen LogP contribution is 2.20. The molecule has 0 amide bonds. The van der Waals surface area contributed by atoms with Gasteiger partial charge >= 0.3 is 5.97 Å². The lowest BCUT2D eigenvalue weighted by molar-refractivity contribution is -0.137. The Bertz CT molecular complexity index is 747. The first-order chi connectivity index (χ1) is 14.5. The molecule has 2 atom stereocenters. The first-order valence-corrected chi connectivity index (χ1v) is 11.7. The zero-order valence-corrected chi connectivity index (χ0v) is 19.1. The van der Waals surface area contributed by atoms with Crippen LogP contribution in [-0.2, 0) is 17.6 Å². The average Bonchev–Trinajstić information content (AvgIpc) is 2.77. The molecular weight excluding hydrogens is 396 g/mol. The molecule has 2 unspecified atom stereocenters. The molecule has 0 aliphatic heterocycles. The number of nitrogens with zero attached hydrogens (tertiary/aromatic N) is 2. The first-order valence-electron chi connectivity index (χ1n) is 11.3. The largest absolute Gasteiger partial charge is 0.480 e. The summed E-state index contributed by atoms with van der Waals surface area (Å²) in [5, 5.41) is 8.15. The van der Waals surface area contributed by atoms with Crippen molar-refractivity contribution < 1.29 is 9.90 Å². The lowest BCUT2D eigenvalue weighted by Crippen LogP contribution is -2.22. The van der Waals surface area contributed by atoms with Crippen LogP contribution in [0.5, 0.6) is 0 Å². The number of halogens is 1. The van der Waals surface area contributed by atoms with Crippen molar-refractivity contribution in [2.45, 2.75) is 83.4 Å². The van der Waals surface area contributed by atoms with E-state index < -0.39 is 11.3 Å². The van der Waals surface area contributed by atoms with Crippen LogP contribution < -0.4 is 0 Å². The molecule has 4 nitrogen and oxygen atoms in total. The Kier molecular flexibility index (Phi) is 10.9. The number of hydrogen-bond acceptors (Lipinski definition) is 3. The van der Waals surface area contributed by atoms with Gasteiger partial charge in [-0.3, -0.25) is 4.79 Å². The topological polar surface area (TPSA) is 63.1 Å². The van der Waals surface area contributed by atoms with Crippen LogP contribution in [0.3, 0.4) is 0 Å². The van der Waals surface area contributed by atoms with E-state index in [1.807, 2.05) is 31.5 Å². The predicted molar refractivity (Wildman–Crippen MR) is 124 cm³/mol. The van der Waals surface area contributed by atoms with Gasteiger partial charge < -0.3 is 5.11 Å². The molecule has 0 fully saturated rings. The molecule has 1 aromatic heterocycles. The molecule has 0 spiro atoms. The van der Waals surface area contributed by atoms with Gasteiger partial charge in [-0.05, 0) is 42.7 Å². The molecule has 2 rings (SSSR count). The number of carboxylic acid groups (broad SMARTS) is 1. The van der Waals surface area contributed by atoms with Crippen LogP contribution in [0, 0.1) is 5.92 Å². The second kappa shape index (κ2) is 13.4. The maximum Gasteiger partial charge on any atom is 0.321 e. The van der Waals surface area contributed by atoms with Crippen LogP contribution in [0.1, 0.15) is 76.3 Å². The van der Waals surface area contributed by atoms with Crippen molar-refractivity contribution >= 4 is 17.6 Å². The Hall–Kier alpha value is -1.94. The number of hydrogen-bond donors (Lipinski definition) is 1. The number of carbonyl (C=O) groups is 1. The minimum atomic E-state index is -0.952. The van der Waals surface area contributed by atoms with Gasteiger partial charge in [-0.2, -0.15) is 0 Å². The summed E-state index contributed by atoms with van der Waals surface area (Å²) in [6.45, 7) is 4.13. The number of alkyl halides is 1. The summed E-state index contributed by atoms with van der Waals surface area (Å²) in [5.41, 5.74) is 3.36. The Morgan fingerprint density at radius 2 is 1.53 bits per heavy atom. The molecule has 0 saturated heterocycles. The van der Waals surface area contributed by atoms with E-state index in [2.05, 4.69) is 29.0 Å². The van der Waals surface area contributed by atoms with Gasteiger partial charge in [0.15, 0.2) is 5.82 Å². The minimum absolute atomic E-state index is 0.0731. The summed E-state index contributed by atoms with van der Waals surface area (Å²) < 4.78 is 0. The molecule has 164 valence electrons. The number of carboxylic acids is 1. The fourth-order valence-electron chi connectivity index (χ4n) is 3.52. The van der Waals surface area contributed by atoms with Crippen molar-refractivity contribution in [3.05, 3.63) is 47.8 Å². The maximum absolute atomic E-state index is 11.0. The highest BCUT2D eigenvalue weighted by Gasteiger charge is 2.21. The molecule has 2 aromatic rings. The lowest BCUT2D eigenvalue weighted by Gasteiger charge is -2.14. The first kappa shape index (κ1) is 24.3. The number of unbranched alkanes of at least 4 members (excludes halogenated alkanes) is 6. The Labute approximate surface area is 186 Å². The molecule has 1 N–H and O–H groups in total. The molecular formula is C25H35ClN2O2. The van der Waals surface area contributed by atoms with Gasteiger partial charge in [-0.1, -0.05) is 76.6 Å². The number of rotatable bonds is 14. The van der Waals surface area contributed by atoms with E-state index >= 15 is 0 Å². The second-order valence-corrected chi connectivity index (χ2v) is 8.71. The lowest BCUT2D eigenvalue weighted by atomic mass is 9.97. The molecule has 0 bridgehead atoms. The molecule has 30 heavy (non-hydrogen) atoms. The molecule has 1 aromatic carbocycles. The zero-order valence-electron chi connectivity index (χ0n) is 18.3. The summed E-state index contributed by atoms with van der Waals surface area (Å²) in [6.07, 6.45) is 15.7. The maximum atomic E-state index is 11.0. The quantitative estimate of drug-likeness (QED) is 0.267. The summed E-state index contributed by atoms with van der Waals surface area (Å²) in [5.74, 6) is -0.284. The van der Waals surface area contributed by atoms with Crippen molar-refractivity contribution in [1.82, 2.24) is 9.97 Å². The van der Waals surface area contributed by atoms with Crippen molar-refractivity contribution in [3.8, 4) is 11.4 Å². The Balaban J connectivity index is 1.77. The molecule has 0 aliphatic rings. The van der Waals surface area contributed by atoms with E-state index in [0.29, 0.717) is 0 Å². The summed E-state index contributed by atoms with van der Waals surface area (Å²) in [7, 11) is 0. The van der Waals surface area contributed by atoms with Crippen molar-refractivity contribution in [1.29, 1.82) is 0 Å². The van der Waals surface area contributed by atoms with Gasteiger partial charge in [0.05, 0.1) is 0 Å². The van der Waals surface area contributed by atoms with Crippen LogP contribution in [0.4, 0.5) is 0 Å². The normalized spacial score (nSPS) is 13.2. The van der Waals surface area contributed by atoms with Crippen LogP contribution in [0.25, 0.3) is 11.4 Å². The minimum Gasteiger partial charge on any atom is -0.480 e. The molecule has 0 saturated carbocycles. The third-order valence-corrected chi connectivity index (χ3v) is 6.23. The fraction of sp³-hybridized carbons (Fsp3) is 0.560. The number of aliphatic carboxylic acids is 1. The highest BCUT2D eigenvalue weighted by molar-refractivity contribution is 6.29. The SMILES string of the molecule is CCCCCCCCCc1cnc(-c2ccc(CCC(C)C(Cl)C(=O)O)cc2)nc1.